The number of hydrogen-bond donors (Lipinski definition) is 2. The molecule has 2 aromatic heterocycles. The van der Waals surface area contributed by atoms with Crippen molar-refractivity contribution < 1.29 is 5.11 Å². The number of aryl methyl sites for hydroxylation is 2. The molecule has 0 radical (unpaired) electrons. The molecule has 118 valence electrons. The fraction of sp³-hybridized carbons (Fsp3) is 0.500. The van der Waals surface area contributed by atoms with Gasteiger partial charge in [0.1, 0.15) is 10.8 Å². The monoisotopic (exact) mass is 318 g/mol. The molecule has 6 heteroatoms. The molecule has 0 saturated carbocycles. The van der Waals surface area contributed by atoms with E-state index in [0.29, 0.717) is 6.54 Å². The standard InChI is InChI=1S/C16H22N4OS/c1-11(16-19-13-4-3-5-14(13)22-16)18-15-7-6-12(10-17-15)20(2)8-9-21/h6-7,10-11,21H,3-5,8-9H2,1-2H3,(H,17,18). The van der Waals surface area contributed by atoms with Crippen LogP contribution in [0.4, 0.5) is 11.5 Å². The Hall–Kier alpha value is -1.66. The van der Waals surface area contributed by atoms with Crippen LogP contribution in [0.1, 0.15) is 35.0 Å². The first kappa shape index (κ1) is 15.2. The van der Waals surface area contributed by atoms with E-state index in [1.807, 2.05) is 41.6 Å². The van der Waals surface area contributed by atoms with Gasteiger partial charge < -0.3 is 15.3 Å². The summed E-state index contributed by atoms with van der Waals surface area (Å²) in [5.74, 6) is 0.851. The summed E-state index contributed by atoms with van der Waals surface area (Å²) in [6.45, 7) is 2.87. The molecule has 2 heterocycles. The van der Waals surface area contributed by atoms with Crippen molar-refractivity contribution in [3.05, 3.63) is 33.9 Å². The number of aliphatic hydroxyl groups excluding tert-OH is 1. The van der Waals surface area contributed by atoms with Crippen molar-refractivity contribution in [3.8, 4) is 0 Å². The number of nitrogens with one attached hydrogen (secondary N) is 1. The average molecular weight is 318 g/mol. The number of anilines is 2. The molecular weight excluding hydrogens is 296 g/mol. The van der Waals surface area contributed by atoms with E-state index in [1.54, 1.807) is 0 Å². The molecular formula is C16H22N4OS. The molecule has 3 rings (SSSR count). The lowest BCUT2D eigenvalue weighted by atomic mass is 10.3. The summed E-state index contributed by atoms with van der Waals surface area (Å²) in [4.78, 5) is 12.6. The SMILES string of the molecule is CC(Nc1ccc(N(C)CCO)cn1)c1nc2c(s1)CCC2. The van der Waals surface area contributed by atoms with Crippen LogP contribution in [0.5, 0.6) is 0 Å². The Morgan fingerprint density at radius 1 is 1.41 bits per heavy atom. The third-order valence-corrected chi connectivity index (χ3v) is 5.31. The first-order valence-electron chi connectivity index (χ1n) is 7.70. The van der Waals surface area contributed by atoms with Crippen molar-refractivity contribution in [1.29, 1.82) is 0 Å². The topological polar surface area (TPSA) is 61.3 Å². The minimum atomic E-state index is 0.141. The average Bonchev–Trinajstić information content (AvgIpc) is 3.09. The Kier molecular flexibility index (Phi) is 4.59. The molecule has 0 spiro atoms. The van der Waals surface area contributed by atoms with Crippen LogP contribution in [0, 0.1) is 0 Å². The van der Waals surface area contributed by atoms with Crippen LogP contribution in [-0.2, 0) is 12.8 Å². The van der Waals surface area contributed by atoms with Crippen molar-refractivity contribution in [2.75, 3.05) is 30.4 Å². The maximum atomic E-state index is 8.97. The van der Waals surface area contributed by atoms with E-state index in [-0.39, 0.29) is 12.6 Å². The number of hydrogen-bond acceptors (Lipinski definition) is 6. The highest BCUT2D eigenvalue weighted by molar-refractivity contribution is 7.11. The normalized spacial score (nSPS) is 14.7. The summed E-state index contributed by atoms with van der Waals surface area (Å²) in [6, 6.07) is 4.16. The Balaban J connectivity index is 1.64. The number of nitrogens with zero attached hydrogens (tertiary/aromatic N) is 3. The lowest BCUT2D eigenvalue weighted by molar-refractivity contribution is 0.304. The summed E-state index contributed by atoms with van der Waals surface area (Å²) in [5, 5.41) is 13.5. The Morgan fingerprint density at radius 2 is 2.27 bits per heavy atom. The number of aliphatic hydroxyl groups is 1. The van der Waals surface area contributed by atoms with Crippen molar-refractivity contribution in [2.24, 2.45) is 0 Å². The number of pyridine rings is 1. The highest BCUT2D eigenvalue weighted by Crippen LogP contribution is 2.31. The number of aromatic nitrogens is 2. The van der Waals surface area contributed by atoms with Crippen LogP contribution in [0.15, 0.2) is 18.3 Å². The highest BCUT2D eigenvalue weighted by Gasteiger charge is 2.19. The van der Waals surface area contributed by atoms with Crippen LogP contribution in [0.25, 0.3) is 0 Å². The molecule has 5 nitrogen and oxygen atoms in total. The molecule has 0 aromatic carbocycles. The summed E-state index contributed by atoms with van der Waals surface area (Å²) in [7, 11) is 1.94. The second-order valence-electron chi connectivity index (χ2n) is 5.69. The summed E-state index contributed by atoms with van der Waals surface area (Å²) in [6.07, 6.45) is 5.39. The molecule has 1 atom stereocenters. The van der Waals surface area contributed by atoms with E-state index in [1.165, 1.54) is 23.4 Å². The molecule has 1 aliphatic carbocycles. The zero-order valence-electron chi connectivity index (χ0n) is 13.0. The predicted octanol–water partition coefficient (Wildman–Crippen LogP) is 2.63. The van der Waals surface area contributed by atoms with Gasteiger partial charge >= 0.3 is 0 Å². The molecule has 0 amide bonds. The minimum absolute atomic E-state index is 0.141. The third-order valence-electron chi connectivity index (χ3n) is 3.97. The molecule has 0 saturated heterocycles. The van der Waals surface area contributed by atoms with Crippen molar-refractivity contribution in [3.63, 3.8) is 0 Å². The van der Waals surface area contributed by atoms with E-state index in [9.17, 15) is 0 Å². The van der Waals surface area contributed by atoms with E-state index >= 15 is 0 Å². The lowest BCUT2D eigenvalue weighted by Crippen LogP contribution is -2.21. The van der Waals surface area contributed by atoms with Crippen LogP contribution >= 0.6 is 11.3 Å². The second kappa shape index (κ2) is 6.62. The van der Waals surface area contributed by atoms with Gasteiger partial charge in [0.2, 0.25) is 0 Å². The van der Waals surface area contributed by atoms with Crippen LogP contribution in [0.2, 0.25) is 0 Å². The van der Waals surface area contributed by atoms with Crippen LogP contribution < -0.4 is 10.2 Å². The van der Waals surface area contributed by atoms with Gasteiger partial charge in [-0.1, -0.05) is 0 Å². The number of likely N-dealkylation sites (N-methyl/N-ethyl adjacent to an activating group) is 1. The first-order valence-corrected chi connectivity index (χ1v) is 8.52. The van der Waals surface area contributed by atoms with E-state index < -0.39 is 0 Å². The van der Waals surface area contributed by atoms with Gasteiger partial charge in [0.15, 0.2) is 0 Å². The minimum Gasteiger partial charge on any atom is -0.395 e. The van der Waals surface area contributed by atoms with Crippen LogP contribution in [0.3, 0.4) is 0 Å². The fourth-order valence-electron chi connectivity index (χ4n) is 2.66. The quantitative estimate of drug-likeness (QED) is 0.857. The van der Waals surface area contributed by atoms with Gasteiger partial charge in [-0.05, 0) is 38.3 Å². The largest absolute Gasteiger partial charge is 0.395 e. The number of rotatable bonds is 6. The molecule has 2 N–H and O–H groups in total. The molecule has 2 aromatic rings. The van der Waals surface area contributed by atoms with E-state index in [0.717, 1.165) is 22.9 Å². The predicted molar refractivity (Wildman–Crippen MR) is 90.8 cm³/mol. The maximum absolute atomic E-state index is 8.97. The summed E-state index contributed by atoms with van der Waals surface area (Å²) >= 11 is 1.83. The first-order chi connectivity index (χ1) is 10.7. The van der Waals surface area contributed by atoms with Crippen molar-refractivity contribution in [1.82, 2.24) is 9.97 Å². The zero-order chi connectivity index (χ0) is 15.5. The number of thiazole rings is 1. The van der Waals surface area contributed by atoms with Gasteiger partial charge in [-0.15, -0.1) is 11.3 Å². The van der Waals surface area contributed by atoms with Gasteiger partial charge in [0.25, 0.3) is 0 Å². The van der Waals surface area contributed by atoms with Gasteiger partial charge in [0.05, 0.1) is 30.2 Å². The molecule has 1 aliphatic rings. The van der Waals surface area contributed by atoms with Crippen LogP contribution in [-0.4, -0.2) is 35.3 Å². The van der Waals surface area contributed by atoms with Gasteiger partial charge in [-0.2, -0.15) is 0 Å². The number of fused-ring (bicyclic) bond motifs is 1. The van der Waals surface area contributed by atoms with Gasteiger partial charge in [-0.25, -0.2) is 9.97 Å². The van der Waals surface area contributed by atoms with Gasteiger partial charge in [0, 0.05) is 18.5 Å². The fourth-order valence-corrected chi connectivity index (χ4v) is 3.81. The Bertz CT molecular complexity index is 604. The molecule has 0 bridgehead atoms. The maximum Gasteiger partial charge on any atom is 0.126 e. The lowest BCUT2D eigenvalue weighted by Gasteiger charge is -2.18. The summed E-state index contributed by atoms with van der Waals surface area (Å²) < 4.78 is 0. The Morgan fingerprint density at radius 3 is 2.95 bits per heavy atom. The molecule has 0 fully saturated rings. The zero-order valence-corrected chi connectivity index (χ0v) is 13.9. The van der Waals surface area contributed by atoms with E-state index in [4.69, 9.17) is 10.1 Å². The third kappa shape index (κ3) is 3.23. The smallest absolute Gasteiger partial charge is 0.126 e. The highest BCUT2D eigenvalue weighted by atomic mass is 32.1. The molecule has 0 aliphatic heterocycles. The molecule has 1 unspecified atom stereocenters. The molecule has 22 heavy (non-hydrogen) atoms. The second-order valence-corrected chi connectivity index (χ2v) is 6.80. The van der Waals surface area contributed by atoms with Crippen molar-refractivity contribution >= 4 is 22.8 Å². The van der Waals surface area contributed by atoms with E-state index in [2.05, 4.69) is 17.2 Å². The Labute approximate surface area is 135 Å². The summed E-state index contributed by atoms with van der Waals surface area (Å²) in [5.41, 5.74) is 2.29. The van der Waals surface area contributed by atoms with Crippen molar-refractivity contribution in [2.45, 2.75) is 32.2 Å². The van der Waals surface area contributed by atoms with Gasteiger partial charge in [-0.3, -0.25) is 0 Å².